The molecule has 0 amide bonds. The Morgan fingerprint density at radius 1 is 1.14 bits per heavy atom. The van der Waals surface area contributed by atoms with Gasteiger partial charge in [-0.3, -0.25) is 0 Å². The SMILES string of the molecule is c1cnc(N2CC[C@]3(C[C@@H](N4CCCC4)CCO3)C2)nc1. The van der Waals surface area contributed by atoms with Crippen molar-refractivity contribution in [2.75, 3.05) is 37.7 Å². The third kappa shape index (κ3) is 2.64. The Hall–Kier alpha value is -1.20. The lowest BCUT2D eigenvalue weighted by atomic mass is 9.89. The molecule has 0 N–H and O–H groups in total. The third-order valence-electron chi connectivity index (χ3n) is 5.28. The molecule has 0 radical (unpaired) electrons. The van der Waals surface area contributed by atoms with Gasteiger partial charge in [-0.15, -0.1) is 0 Å². The zero-order valence-electron chi connectivity index (χ0n) is 12.6. The van der Waals surface area contributed by atoms with Crippen LogP contribution in [0.15, 0.2) is 18.5 Å². The molecule has 3 saturated heterocycles. The van der Waals surface area contributed by atoms with Crippen LogP contribution < -0.4 is 4.90 Å². The molecule has 1 spiro atoms. The Bertz CT molecular complexity index is 476. The highest BCUT2D eigenvalue weighted by Crippen LogP contribution is 2.37. The van der Waals surface area contributed by atoms with Gasteiger partial charge in [0.05, 0.1) is 5.60 Å². The minimum Gasteiger partial charge on any atom is -0.373 e. The number of likely N-dealkylation sites (tertiary alicyclic amines) is 1. The second kappa shape index (κ2) is 5.54. The van der Waals surface area contributed by atoms with Crippen molar-refractivity contribution in [1.29, 1.82) is 0 Å². The molecule has 1 aromatic heterocycles. The van der Waals surface area contributed by atoms with Crippen LogP contribution in [0.3, 0.4) is 0 Å². The predicted molar refractivity (Wildman–Crippen MR) is 81.4 cm³/mol. The first-order chi connectivity index (χ1) is 10.3. The van der Waals surface area contributed by atoms with Crippen molar-refractivity contribution in [3.63, 3.8) is 0 Å². The fraction of sp³-hybridized carbons (Fsp3) is 0.750. The number of ether oxygens (including phenoxy) is 1. The molecule has 4 heterocycles. The maximum absolute atomic E-state index is 6.24. The molecular weight excluding hydrogens is 264 g/mol. The summed E-state index contributed by atoms with van der Waals surface area (Å²) in [6.45, 7) is 5.43. The van der Waals surface area contributed by atoms with Gasteiger partial charge in [-0.05, 0) is 51.3 Å². The van der Waals surface area contributed by atoms with Gasteiger partial charge in [-0.25, -0.2) is 9.97 Å². The number of hydrogen-bond donors (Lipinski definition) is 0. The quantitative estimate of drug-likeness (QED) is 0.828. The summed E-state index contributed by atoms with van der Waals surface area (Å²) in [4.78, 5) is 13.7. The van der Waals surface area contributed by atoms with Crippen molar-refractivity contribution in [3.8, 4) is 0 Å². The second-order valence-electron chi connectivity index (χ2n) is 6.64. The van der Waals surface area contributed by atoms with E-state index >= 15 is 0 Å². The molecule has 3 aliphatic heterocycles. The van der Waals surface area contributed by atoms with Gasteiger partial charge in [-0.1, -0.05) is 0 Å². The standard InChI is InChI=1S/C16H24N4O/c1-2-9-19(8-1)14-4-11-21-16(12-14)5-10-20(13-16)15-17-6-3-7-18-15/h3,6-7,14H,1-2,4-5,8-13H2/t14-,16-/m0/s1. The molecule has 4 rings (SSSR count). The van der Waals surface area contributed by atoms with Gasteiger partial charge in [0.15, 0.2) is 0 Å². The van der Waals surface area contributed by atoms with Crippen molar-refractivity contribution in [1.82, 2.24) is 14.9 Å². The summed E-state index contributed by atoms with van der Waals surface area (Å²) in [5.41, 5.74) is 0.0324. The molecule has 0 unspecified atom stereocenters. The van der Waals surface area contributed by atoms with E-state index in [0.29, 0.717) is 0 Å². The van der Waals surface area contributed by atoms with Crippen molar-refractivity contribution < 1.29 is 4.74 Å². The highest BCUT2D eigenvalue weighted by atomic mass is 16.5. The summed E-state index contributed by atoms with van der Waals surface area (Å²) >= 11 is 0. The Kier molecular flexibility index (Phi) is 3.55. The summed E-state index contributed by atoms with van der Waals surface area (Å²) in [7, 11) is 0. The van der Waals surface area contributed by atoms with Gasteiger partial charge in [0.25, 0.3) is 0 Å². The van der Waals surface area contributed by atoms with Gasteiger partial charge in [0, 0.05) is 38.1 Å². The van der Waals surface area contributed by atoms with Crippen LogP contribution in [0.4, 0.5) is 5.95 Å². The highest BCUT2D eigenvalue weighted by Gasteiger charge is 2.45. The van der Waals surface area contributed by atoms with Crippen LogP contribution >= 0.6 is 0 Å². The van der Waals surface area contributed by atoms with Crippen molar-refractivity contribution >= 4 is 5.95 Å². The van der Waals surface area contributed by atoms with Crippen molar-refractivity contribution in [2.24, 2.45) is 0 Å². The lowest BCUT2D eigenvalue weighted by molar-refractivity contribution is -0.0897. The number of nitrogens with zero attached hydrogens (tertiary/aromatic N) is 4. The van der Waals surface area contributed by atoms with Crippen LogP contribution in [0.5, 0.6) is 0 Å². The largest absolute Gasteiger partial charge is 0.373 e. The lowest BCUT2D eigenvalue weighted by Gasteiger charge is -2.41. The van der Waals surface area contributed by atoms with Crippen LogP contribution in [0, 0.1) is 0 Å². The number of aromatic nitrogens is 2. The number of anilines is 1. The summed E-state index contributed by atoms with van der Waals surface area (Å²) in [5, 5.41) is 0. The molecule has 0 bridgehead atoms. The maximum atomic E-state index is 6.24. The van der Waals surface area contributed by atoms with E-state index < -0.39 is 0 Å². The summed E-state index contributed by atoms with van der Waals surface area (Å²) < 4.78 is 6.24. The number of hydrogen-bond acceptors (Lipinski definition) is 5. The first kappa shape index (κ1) is 13.5. The van der Waals surface area contributed by atoms with Crippen LogP contribution in [-0.4, -0.2) is 59.3 Å². The van der Waals surface area contributed by atoms with Crippen LogP contribution in [-0.2, 0) is 4.74 Å². The van der Waals surface area contributed by atoms with Crippen LogP contribution in [0.1, 0.15) is 32.1 Å². The Morgan fingerprint density at radius 3 is 2.76 bits per heavy atom. The van der Waals surface area contributed by atoms with E-state index in [1.54, 1.807) is 0 Å². The molecule has 0 aliphatic carbocycles. The average Bonchev–Trinajstić information content (AvgIpc) is 3.19. The van der Waals surface area contributed by atoms with Gasteiger partial charge in [-0.2, -0.15) is 0 Å². The second-order valence-corrected chi connectivity index (χ2v) is 6.64. The molecular formula is C16H24N4O. The molecule has 1 aromatic rings. The predicted octanol–water partition coefficient (Wildman–Crippen LogP) is 1.70. The topological polar surface area (TPSA) is 41.5 Å². The summed E-state index contributed by atoms with van der Waals surface area (Å²) in [6, 6.07) is 2.59. The first-order valence-electron chi connectivity index (χ1n) is 8.25. The van der Waals surface area contributed by atoms with Gasteiger partial charge >= 0.3 is 0 Å². The van der Waals surface area contributed by atoms with Crippen LogP contribution in [0.2, 0.25) is 0 Å². The molecule has 3 aliphatic rings. The Morgan fingerprint density at radius 2 is 1.95 bits per heavy atom. The minimum atomic E-state index is 0.0324. The minimum absolute atomic E-state index is 0.0324. The van der Waals surface area contributed by atoms with Gasteiger partial charge < -0.3 is 14.5 Å². The fourth-order valence-corrected chi connectivity index (χ4v) is 4.17. The van der Waals surface area contributed by atoms with Gasteiger partial charge in [0.2, 0.25) is 5.95 Å². The Labute approximate surface area is 126 Å². The normalized spacial score (nSPS) is 33.9. The smallest absolute Gasteiger partial charge is 0.225 e. The lowest BCUT2D eigenvalue weighted by Crippen LogP contribution is -2.49. The molecule has 0 aromatic carbocycles. The van der Waals surface area contributed by atoms with E-state index in [1.165, 1.54) is 38.8 Å². The molecule has 5 nitrogen and oxygen atoms in total. The van der Waals surface area contributed by atoms with Crippen molar-refractivity contribution in [2.45, 2.75) is 43.7 Å². The van der Waals surface area contributed by atoms with Crippen LogP contribution in [0.25, 0.3) is 0 Å². The van der Waals surface area contributed by atoms with E-state index in [0.717, 1.165) is 38.1 Å². The molecule has 2 atom stereocenters. The molecule has 21 heavy (non-hydrogen) atoms. The molecule has 5 heteroatoms. The van der Waals surface area contributed by atoms with E-state index in [2.05, 4.69) is 19.8 Å². The first-order valence-corrected chi connectivity index (χ1v) is 8.25. The summed E-state index contributed by atoms with van der Waals surface area (Å²) in [6.07, 6.45) is 9.86. The van der Waals surface area contributed by atoms with E-state index in [9.17, 15) is 0 Å². The van der Waals surface area contributed by atoms with Crippen molar-refractivity contribution in [3.05, 3.63) is 18.5 Å². The summed E-state index contributed by atoms with van der Waals surface area (Å²) in [5.74, 6) is 0.848. The van der Waals surface area contributed by atoms with E-state index in [-0.39, 0.29) is 5.60 Å². The highest BCUT2D eigenvalue weighted by molar-refractivity contribution is 5.32. The monoisotopic (exact) mass is 288 g/mol. The third-order valence-corrected chi connectivity index (χ3v) is 5.28. The van der Waals surface area contributed by atoms with E-state index in [1.807, 2.05) is 18.5 Å². The zero-order valence-corrected chi connectivity index (χ0v) is 12.6. The Balaban J connectivity index is 1.45. The van der Waals surface area contributed by atoms with Gasteiger partial charge in [0.1, 0.15) is 0 Å². The molecule has 3 fully saturated rings. The average molecular weight is 288 g/mol. The maximum Gasteiger partial charge on any atom is 0.225 e. The zero-order chi connectivity index (χ0) is 14.1. The molecule has 0 saturated carbocycles. The molecule has 114 valence electrons. The number of rotatable bonds is 2. The van der Waals surface area contributed by atoms with E-state index in [4.69, 9.17) is 4.74 Å². The fourth-order valence-electron chi connectivity index (χ4n) is 4.17.